The molecular formula is C11H26O3Si2. The molecule has 0 aromatic heterocycles. The second-order valence-corrected chi connectivity index (χ2v) is 16.6. The van der Waals surface area contributed by atoms with Crippen molar-refractivity contribution in [3.05, 3.63) is 0 Å². The van der Waals surface area contributed by atoms with Gasteiger partial charge < -0.3 is 9.53 Å². The summed E-state index contributed by atoms with van der Waals surface area (Å²) in [6.45, 7) is 16.3. The summed E-state index contributed by atoms with van der Waals surface area (Å²) in [6.07, 6.45) is -0.219. The standard InChI is InChI=1S/C11H26O3Si2/c1-9(14-16(6,7)8)11(2,10(12)13)15(3,4)5/h9H,1-8H3,(H,12,13). The maximum Gasteiger partial charge on any atom is 0.309 e. The van der Waals surface area contributed by atoms with Crippen molar-refractivity contribution in [2.75, 3.05) is 0 Å². The SMILES string of the molecule is CC(O[Si](C)(C)C)C(C)(C(=O)O)[Si](C)(C)C. The van der Waals surface area contributed by atoms with E-state index in [4.69, 9.17) is 4.43 Å². The molecule has 16 heavy (non-hydrogen) atoms. The largest absolute Gasteiger partial charge is 0.481 e. The smallest absolute Gasteiger partial charge is 0.309 e. The molecule has 0 aliphatic carbocycles. The predicted octanol–water partition coefficient (Wildman–Crippen LogP) is 3.41. The molecule has 0 radical (unpaired) electrons. The van der Waals surface area contributed by atoms with Gasteiger partial charge in [0.1, 0.15) is 0 Å². The molecule has 0 heterocycles. The lowest BCUT2D eigenvalue weighted by molar-refractivity contribution is -0.143. The van der Waals surface area contributed by atoms with Gasteiger partial charge in [-0.15, -0.1) is 0 Å². The molecule has 0 bridgehead atoms. The molecule has 0 saturated carbocycles. The van der Waals surface area contributed by atoms with Crippen molar-refractivity contribution < 1.29 is 14.3 Å². The highest BCUT2D eigenvalue weighted by Gasteiger charge is 2.51. The van der Waals surface area contributed by atoms with E-state index in [9.17, 15) is 9.90 Å². The van der Waals surface area contributed by atoms with Gasteiger partial charge in [0.25, 0.3) is 0 Å². The van der Waals surface area contributed by atoms with E-state index < -0.39 is 27.4 Å². The van der Waals surface area contributed by atoms with E-state index in [1.54, 1.807) is 0 Å². The van der Waals surface area contributed by atoms with Crippen molar-refractivity contribution in [3.8, 4) is 0 Å². The van der Waals surface area contributed by atoms with E-state index in [1.165, 1.54) is 0 Å². The van der Waals surface area contributed by atoms with Crippen molar-refractivity contribution >= 4 is 22.4 Å². The summed E-state index contributed by atoms with van der Waals surface area (Å²) < 4.78 is 5.98. The lowest BCUT2D eigenvalue weighted by atomic mass is 10.1. The molecule has 3 nitrogen and oxygen atoms in total. The number of carboxylic acid groups (broad SMARTS) is 1. The number of carboxylic acids is 1. The van der Waals surface area contributed by atoms with Crippen LogP contribution in [-0.4, -0.2) is 33.6 Å². The van der Waals surface area contributed by atoms with Crippen molar-refractivity contribution in [3.63, 3.8) is 0 Å². The Labute approximate surface area is 101 Å². The van der Waals surface area contributed by atoms with Gasteiger partial charge in [0.2, 0.25) is 0 Å². The van der Waals surface area contributed by atoms with Gasteiger partial charge in [0.15, 0.2) is 8.32 Å². The highest BCUT2D eigenvalue weighted by Crippen LogP contribution is 2.43. The van der Waals surface area contributed by atoms with Gasteiger partial charge in [-0.25, -0.2) is 0 Å². The summed E-state index contributed by atoms with van der Waals surface area (Å²) in [5.74, 6) is -0.725. The van der Waals surface area contributed by atoms with Crippen LogP contribution in [-0.2, 0) is 9.22 Å². The minimum absolute atomic E-state index is 0.219. The maximum absolute atomic E-state index is 11.6. The quantitative estimate of drug-likeness (QED) is 0.772. The Balaban J connectivity index is 5.17. The van der Waals surface area contributed by atoms with E-state index >= 15 is 0 Å². The van der Waals surface area contributed by atoms with Crippen LogP contribution in [0.2, 0.25) is 44.3 Å². The zero-order valence-electron chi connectivity index (χ0n) is 11.8. The Morgan fingerprint density at radius 2 is 1.56 bits per heavy atom. The maximum atomic E-state index is 11.6. The molecule has 1 N–H and O–H groups in total. The molecular weight excluding hydrogens is 236 g/mol. The molecule has 0 saturated heterocycles. The summed E-state index contributed by atoms with van der Waals surface area (Å²) in [4.78, 5) is 11.6. The average Bonchev–Trinajstić information content (AvgIpc) is 1.96. The molecule has 0 amide bonds. The van der Waals surface area contributed by atoms with Gasteiger partial charge >= 0.3 is 5.97 Å². The molecule has 0 fully saturated rings. The Bertz CT molecular complexity index is 265. The van der Waals surface area contributed by atoms with Gasteiger partial charge in [-0.1, -0.05) is 19.6 Å². The number of hydrogen-bond donors (Lipinski definition) is 1. The van der Waals surface area contributed by atoms with Crippen molar-refractivity contribution in [2.45, 2.75) is 64.3 Å². The van der Waals surface area contributed by atoms with E-state index in [2.05, 4.69) is 39.3 Å². The van der Waals surface area contributed by atoms with Gasteiger partial charge in [-0.05, 0) is 33.5 Å². The summed E-state index contributed by atoms with van der Waals surface area (Å²) in [6, 6.07) is 0. The van der Waals surface area contributed by atoms with Crippen LogP contribution in [0.3, 0.4) is 0 Å². The molecule has 0 aliphatic heterocycles. The first kappa shape index (κ1) is 15.9. The third-order valence-corrected chi connectivity index (χ3v) is 8.14. The average molecular weight is 262 g/mol. The van der Waals surface area contributed by atoms with E-state index in [0.29, 0.717) is 0 Å². The monoisotopic (exact) mass is 262 g/mol. The minimum atomic E-state index is -1.84. The zero-order chi connectivity index (χ0) is 13.4. The Hall–Kier alpha value is -0.136. The number of rotatable bonds is 5. The molecule has 96 valence electrons. The molecule has 5 heteroatoms. The van der Waals surface area contributed by atoms with Crippen LogP contribution in [0.1, 0.15) is 13.8 Å². The number of hydrogen-bond acceptors (Lipinski definition) is 2. The van der Waals surface area contributed by atoms with Crippen LogP contribution >= 0.6 is 0 Å². The Kier molecular flexibility index (Phi) is 4.58. The van der Waals surface area contributed by atoms with E-state index in [1.807, 2.05) is 13.8 Å². The predicted molar refractivity (Wildman–Crippen MR) is 73.2 cm³/mol. The molecule has 2 unspecified atom stereocenters. The van der Waals surface area contributed by atoms with Crippen LogP contribution in [0.25, 0.3) is 0 Å². The molecule has 0 aliphatic rings. The lowest BCUT2D eigenvalue weighted by Gasteiger charge is -2.43. The molecule has 2 atom stereocenters. The van der Waals surface area contributed by atoms with Crippen LogP contribution in [0.15, 0.2) is 0 Å². The van der Waals surface area contributed by atoms with Crippen LogP contribution in [0.5, 0.6) is 0 Å². The fraction of sp³-hybridized carbons (Fsp3) is 0.909. The fourth-order valence-electron chi connectivity index (χ4n) is 1.75. The highest BCUT2D eigenvalue weighted by atomic mass is 28.4. The summed E-state index contributed by atoms with van der Waals surface area (Å²) in [5.41, 5.74) is 0. The van der Waals surface area contributed by atoms with Crippen molar-refractivity contribution in [2.24, 2.45) is 0 Å². The fourth-order valence-corrected chi connectivity index (χ4v) is 5.09. The first-order valence-corrected chi connectivity index (χ1v) is 12.6. The lowest BCUT2D eigenvalue weighted by Crippen LogP contribution is -2.52. The third-order valence-electron chi connectivity index (χ3n) is 3.35. The van der Waals surface area contributed by atoms with Gasteiger partial charge in [-0.3, -0.25) is 4.79 Å². The second kappa shape index (κ2) is 4.62. The first-order chi connectivity index (χ1) is 6.82. The first-order valence-electron chi connectivity index (χ1n) is 5.73. The topological polar surface area (TPSA) is 46.5 Å². The normalized spacial score (nSPS) is 19.0. The van der Waals surface area contributed by atoms with Crippen LogP contribution < -0.4 is 0 Å². The summed E-state index contributed by atoms with van der Waals surface area (Å²) in [5, 5.41) is 8.78. The van der Waals surface area contributed by atoms with E-state index in [-0.39, 0.29) is 6.10 Å². The van der Waals surface area contributed by atoms with E-state index in [0.717, 1.165) is 0 Å². The minimum Gasteiger partial charge on any atom is -0.481 e. The van der Waals surface area contributed by atoms with Crippen LogP contribution in [0.4, 0.5) is 0 Å². The van der Waals surface area contributed by atoms with Crippen LogP contribution in [0, 0.1) is 0 Å². The summed E-state index contributed by atoms with van der Waals surface area (Å²) in [7, 11) is -3.53. The number of aliphatic carboxylic acids is 1. The van der Waals surface area contributed by atoms with Gasteiger partial charge in [0.05, 0.1) is 19.2 Å². The van der Waals surface area contributed by atoms with Gasteiger partial charge in [0, 0.05) is 0 Å². The van der Waals surface area contributed by atoms with Crippen molar-refractivity contribution in [1.82, 2.24) is 0 Å². The second-order valence-electron chi connectivity index (χ2n) is 6.63. The zero-order valence-corrected chi connectivity index (χ0v) is 13.8. The van der Waals surface area contributed by atoms with Crippen molar-refractivity contribution in [1.29, 1.82) is 0 Å². The summed E-state index contributed by atoms with van der Waals surface area (Å²) >= 11 is 0. The molecule has 0 aromatic rings. The Morgan fingerprint density at radius 1 is 1.19 bits per heavy atom. The third kappa shape index (κ3) is 3.43. The number of carbonyl (C=O) groups is 1. The van der Waals surface area contributed by atoms with Gasteiger partial charge in [-0.2, -0.15) is 0 Å². The Morgan fingerprint density at radius 3 is 1.75 bits per heavy atom. The molecule has 0 rings (SSSR count). The molecule has 0 aromatic carbocycles. The highest BCUT2D eigenvalue weighted by molar-refractivity contribution is 6.82. The molecule has 0 spiro atoms.